The molecule has 2 aromatic carbocycles. The van der Waals surface area contributed by atoms with Gasteiger partial charge in [-0.1, -0.05) is 48.0 Å². The Bertz CT molecular complexity index is 888. The highest BCUT2D eigenvalue weighted by Gasteiger charge is 2.47. The standard InChI is InChI=1S/C22H23ClFN3O2/c23-17-8-4-9-18(24)16(17)14-27-19-10-5-12-25-20(19)21(28)26(22(27)29)13-11-15-6-2-1-3-7-15/h1-4,6-9,19-20,25H,5,10-14H2. The zero-order valence-corrected chi connectivity index (χ0v) is 16.7. The van der Waals surface area contributed by atoms with Crippen molar-refractivity contribution in [3.05, 3.63) is 70.5 Å². The fourth-order valence-corrected chi connectivity index (χ4v) is 4.37. The summed E-state index contributed by atoms with van der Waals surface area (Å²) in [6.45, 7) is 1.05. The van der Waals surface area contributed by atoms with E-state index in [1.54, 1.807) is 17.0 Å². The van der Waals surface area contributed by atoms with Gasteiger partial charge in [-0.3, -0.25) is 9.69 Å². The van der Waals surface area contributed by atoms with E-state index in [4.69, 9.17) is 11.6 Å². The highest BCUT2D eigenvalue weighted by atomic mass is 35.5. The molecule has 4 rings (SSSR count). The molecule has 0 radical (unpaired) electrons. The van der Waals surface area contributed by atoms with Crippen LogP contribution in [0.15, 0.2) is 48.5 Å². The monoisotopic (exact) mass is 415 g/mol. The van der Waals surface area contributed by atoms with Gasteiger partial charge in [0, 0.05) is 17.1 Å². The number of hydrogen-bond acceptors (Lipinski definition) is 3. The summed E-state index contributed by atoms with van der Waals surface area (Å²) in [5, 5.41) is 3.54. The molecule has 3 amide bonds. The lowest BCUT2D eigenvalue weighted by Gasteiger charge is -2.47. The number of amides is 3. The summed E-state index contributed by atoms with van der Waals surface area (Å²) in [4.78, 5) is 29.2. The minimum absolute atomic E-state index is 0.0440. The van der Waals surface area contributed by atoms with Gasteiger partial charge in [0.2, 0.25) is 5.91 Å². The lowest BCUT2D eigenvalue weighted by atomic mass is 9.92. The molecule has 0 bridgehead atoms. The average Bonchev–Trinajstić information content (AvgIpc) is 2.73. The van der Waals surface area contributed by atoms with E-state index in [-0.39, 0.29) is 41.7 Å². The van der Waals surface area contributed by atoms with E-state index >= 15 is 0 Å². The first kappa shape index (κ1) is 19.9. The Kier molecular flexibility index (Phi) is 5.83. The Balaban J connectivity index is 1.60. The number of benzene rings is 2. The Morgan fingerprint density at radius 3 is 2.66 bits per heavy atom. The minimum Gasteiger partial charge on any atom is -0.315 e. The lowest BCUT2D eigenvalue weighted by Crippen LogP contribution is -2.69. The molecule has 2 aliphatic rings. The van der Waals surface area contributed by atoms with Gasteiger partial charge in [0.05, 0.1) is 12.6 Å². The van der Waals surface area contributed by atoms with E-state index in [0.717, 1.165) is 18.5 Å². The van der Waals surface area contributed by atoms with Gasteiger partial charge in [-0.05, 0) is 43.5 Å². The number of nitrogens with one attached hydrogen (secondary N) is 1. The van der Waals surface area contributed by atoms with E-state index in [2.05, 4.69) is 5.32 Å². The fraction of sp³-hybridized carbons (Fsp3) is 0.364. The van der Waals surface area contributed by atoms with Crippen molar-refractivity contribution < 1.29 is 14.0 Å². The third-order valence-corrected chi connectivity index (χ3v) is 6.05. The molecule has 2 saturated heterocycles. The van der Waals surface area contributed by atoms with Crippen LogP contribution in [0.25, 0.3) is 0 Å². The number of halogens is 2. The lowest BCUT2D eigenvalue weighted by molar-refractivity contribution is -0.137. The molecular formula is C22H23ClFN3O2. The van der Waals surface area contributed by atoms with Crippen molar-refractivity contribution in [3.63, 3.8) is 0 Å². The van der Waals surface area contributed by atoms with Crippen LogP contribution in [0.3, 0.4) is 0 Å². The summed E-state index contributed by atoms with van der Waals surface area (Å²) >= 11 is 6.20. The predicted molar refractivity (Wildman–Crippen MR) is 109 cm³/mol. The number of fused-ring (bicyclic) bond motifs is 1. The number of rotatable bonds is 5. The molecule has 2 atom stereocenters. The van der Waals surface area contributed by atoms with Crippen molar-refractivity contribution in [2.24, 2.45) is 0 Å². The summed E-state index contributed by atoms with van der Waals surface area (Å²) < 4.78 is 14.4. The summed E-state index contributed by atoms with van der Waals surface area (Å²) in [6, 6.07) is 13.1. The van der Waals surface area contributed by atoms with Crippen LogP contribution in [-0.2, 0) is 17.8 Å². The zero-order valence-electron chi connectivity index (χ0n) is 16.0. The second kappa shape index (κ2) is 8.51. The van der Waals surface area contributed by atoms with Crippen LogP contribution in [-0.4, -0.2) is 46.9 Å². The first-order valence-corrected chi connectivity index (χ1v) is 10.3. The summed E-state index contributed by atoms with van der Waals surface area (Å²) in [6.07, 6.45) is 2.13. The zero-order chi connectivity index (χ0) is 20.4. The van der Waals surface area contributed by atoms with E-state index < -0.39 is 11.9 Å². The van der Waals surface area contributed by atoms with E-state index in [9.17, 15) is 14.0 Å². The van der Waals surface area contributed by atoms with Gasteiger partial charge in [0.25, 0.3) is 0 Å². The van der Waals surface area contributed by atoms with Crippen LogP contribution in [0.5, 0.6) is 0 Å². The number of nitrogens with zero attached hydrogens (tertiary/aromatic N) is 2. The predicted octanol–water partition coefficient (Wildman–Crippen LogP) is 3.61. The Morgan fingerprint density at radius 1 is 1.10 bits per heavy atom. The van der Waals surface area contributed by atoms with Crippen LogP contribution in [0.4, 0.5) is 9.18 Å². The Hall–Kier alpha value is -2.44. The molecule has 5 nitrogen and oxygen atoms in total. The van der Waals surface area contributed by atoms with Crippen LogP contribution >= 0.6 is 11.6 Å². The minimum atomic E-state index is -0.470. The fourth-order valence-electron chi connectivity index (χ4n) is 4.15. The van der Waals surface area contributed by atoms with E-state index in [1.807, 2.05) is 30.3 Å². The number of urea groups is 1. The maximum Gasteiger partial charge on any atom is 0.327 e. The molecule has 2 unspecified atom stereocenters. The van der Waals surface area contributed by atoms with E-state index in [0.29, 0.717) is 12.8 Å². The molecule has 2 fully saturated rings. The third-order valence-electron chi connectivity index (χ3n) is 5.69. The maximum atomic E-state index is 14.4. The number of imide groups is 1. The van der Waals surface area contributed by atoms with Gasteiger partial charge < -0.3 is 10.2 Å². The normalized spacial score (nSPS) is 22.0. The second-order valence-corrected chi connectivity index (χ2v) is 7.88. The molecule has 0 spiro atoms. The molecule has 2 aromatic rings. The summed E-state index contributed by atoms with van der Waals surface area (Å²) in [7, 11) is 0. The molecule has 1 N–H and O–H groups in total. The molecule has 7 heteroatoms. The molecule has 2 heterocycles. The molecular weight excluding hydrogens is 393 g/mol. The first-order chi connectivity index (χ1) is 14.1. The number of hydrogen-bond donors (Lipinski definition) is 1. The van der Waals surface area contributed by atoms with Crippen LogP contribution < -0.4 is 5.32 Å². The third kappa shape index (κ3) is 4.00. The first-order valence-electron chi connectivity index (χ1n) is 9.88. The quantitative estimate of drug-likeness (QED) is 0.811. The molecule has 0 saturated carbocycles. The van der Waals surface area contributed by atoms with Crippen LogP contribution in [0.2, 0.25) is 5.02 Å². The molecule has 152 valence electrons. The second-order valence-electron chi connectivity index (χ2n) is 7.48. The van der Waals surface area contributed by atoms with Crippen molar-refractivity contribution in [3.8, 4) is 0 Å². The summed E-state index contributed by atoms with van der Waals surface area (Å²) in [5.41, 5.74) is 1.33. The average molecular weight is 416 g/mol. The topological polar surface area (TPSA) is 52.7 Å². The molecule has 0 aromatic heterocycles. The molecule has 29 heavy (non-hydrogen) atoms. The van der Waals surface area contributed by atoms with Crippen LogP contribution in [0.1, 0.15) is 24.0 Å². The largest absolute Gasteiger partial charge is 0.327 e. The van der Waals surface area contributed by atoms with E-state index in [1.165, 1.54) is 11.0 Å². The van der Waals surface area contributed by atoms with Crippen molar-refractivity contribution >= 4 is 23.5 Å². The van der Waals surface area contributed by atoms with Crippen molar-refractivity contribution in [2.45, 2.75) is 37.9 Å². The maximum absolute atomic E-state index is 14.4. The smallest absolute Gasteiger partial charge is 0.315 e. The highest BCUT2D eigenvalue weighted by molar-refractivity contribution is 6.31. The van der Waals surface area contributed by atoms with Crippen molar-refractivity contribution in [1.29, 1.82) is 0 Å². The van der Waals surface area contributed by atoms with Gasteiger partial charge in [0.1, 0.15) is 11.9 Å². The van der Waals surface area contributed by atoms with Gasteiger partial charge in [-0.2, -0.15) is 0 Å². The van der Waals surface area contributed by atoms with Crippen molar-refractivity contribution in [1.82, 2.24) is 15.1 Å². The number of carbonyl (C=O) groups excluding carboxylic acids is 2. The van der Waals surface area contributed by atoms with Gasteiger partial charge in [0.15, 0.2) is 0 Å². The Morgan fingerprint density at radius 2 is 1.90 bits per heavy atom. The number of carbonyl (C=O) groups is 2. The van der Waals surface area contributed by atoms with Crippen molar-refractivity contribution in [2.75, 3.05) is 13.1 Å². The van der Waals surface area contributed by atoms with Gasteiger partial charge >= 0.3 is 6.03 Å². The highest BCUT2D eigenvalue weighted by Crippen LogP contribution is 2.29. The van der Waals surface area contributed by atoms with Crippen LogP contribution in [0, 0.1) is 5.82 Å². The molecule has 2 aliphatic heterocycles. The Labute approximate surface area is 174 Å². The van der Waals surface area contributed by atoms with Gasteiger partial charge in [-0.25, -0.2) is 9.18 Å². The SMILES string of the molecule is O=C1C2NCCCC2N(Cc2c(F)cccc2Cl)C(=O)N1CCc1ccccc1. The van der Waals surface area contributed by atoms with Gasteiger partial charge in [-0.15, -0.1) is 0 Å². The molecule has 0 aliphatic carbocycles. The summed E-state index contributed by atoms with van der Waals surface area (Å²) in [5.74, 6) is -0.648. The number of piperidine rings is 1.